The monoisotopic (exact) mass is 374 g/mol. The maximum Gasteiger partial charge on any atom is 0.316 e. The SMILES string of the molecule is CC(C)OC(=O)CSc1nc2sc(-c3ccccc3)cc2c(=O)n1C. The van der Waals surface area contributed by atoms with Crippen LogP contribution >= 0.6 is 23.1 Å². The van der Waals surface area contributed by atoms with Gasteiger partial charge in [0, 0.05) is 11.9 Å². The number of nitrogens with zero attached hydrogens (tertiary/aromatic N) is 2. The number of esters is 1. The Morgan fingerprint density at radius 1 is 1.32 bits per heavy atom. The fourth-order valence-corrected chi connectivity index (χ4v) is 4.17. The van der Waals surface area contributed by atoms with Crippen molar-refractivity contribution < 1.29 is 9.53 Å². The highest BCUT2D eigenvalue weighted by atomic mass is 32.2. The van der Waals surface area contributed by atoms with Gasteiger partial charge in [0.05, 0.1) is 17.2 Å². The Labute approximate surface area is 153 Å². The van der Waals surface area contributed by atoms with Crippen molar-refractivity contribution in [1.82, 2.24) is 9.55 Å². The van der Waals surface area contributed by atoms with Gasteiger partial charge in [0.15, 0.2) is 5.16 Å². The number of fused-ring (bicyclic) bond motifs is 1. The predicted molar refractivity (Wildman–Crippen MR) is 102 cm³/mol. The van der Waals surface area contributed by atoms with E-state index in [0.29, 0.717) is 15.4 Å². The molecule has 3 rings (SSSR count). The second-order valence-corrected chi connectivity index (χ2v) is 7.75. The number of carbonyl (C=O) groups is 1. The molecule has 25 heavy (non-hydrogen) atoms. The zero-order valence-electron chi connectivity index (χ0n) is 14.2. The number of hydrogen-bond donors (Lipinski definition) is 0. The number of ether oxygens (including phenoxy) is 1. The first-order valence-electron chi connectivity index (χ1n) is 7.84. The van der Waals surface area contributed by atoms with E-state index in [0.717, 1.165) is 10.4 Å². The molecular weight excluding hydrogens is 356 g/mol. The molecule has 0 saturated heterocycles. The number of benzene rings is 1. The van der Waals surface area contributed by atoms with Crippen LogP contribution in [0.25, 0.3) is 20.7 Å². The van der Waals surface area contributed by atoms with Crippen molar-refractivity contribution in [2.24, 2.45) is 7.05 Å². The molecule has 0 radical (unpaired) electrons. The van der Waals surface area contributed by atoms with Crippen molar-refractivity contribution in [2.75, 3.05) is 5.75 Å². The van der Waals surface area contributed by atoms with E-state index in [1.54, 1.807) is 20.9 Å². The molecule has 5 nitrogen and oxygen atoms in total. The van der Waals surface area contributed by atoms with E-state index in [-0.39, 0.29) is 23.4 Å². The molecule has 0 amide bonds. The van der Waals surface area contributed by atoms with Crippen LogP contribution in [0.15, 0.2) is 46.3 Å². The lowest BCUT2D eigenvalue weighted by Gasteiger charge is -2.09. The minimum Gasteiger partial charge on any atom is -0.462 e. The lowest BCUT2D eigenvalue weighted by atomic mass is 10.2. The first-order valence-corrected chi connectivity index (χ1v) is 9.64. The lowest BCUT2D eigenvalue weighted by Crippen LogP contribution is -2.20. The number of hydrogen-bond acceptors (Lipinski definition) is 6. The van der Waals surface area contributed by atoms with Gasteiger partial charge in [-0.15, -0.1) is 11.3 Å². The van der Waals surface area contributed by atoms with Crippen molar-refractivity contribution in [3.05, 3.63) is 46.8 Å². The third kappa shape index (κ3) is 3.93. The molecule has 0 unspecified atom stereocenters. The molecule has 0 aliphatic carbocycles. The number of thiophene rings is 1. The summed E-state index contributed by atoms with van der Waals surface area (Å²) in [4.78, 5) is 30.6. The summed E-state index contributed by atoms with van der Waals surface area (Å²) < 4.78 is 6.60. The van der Waals surface area contributed by atoms with Gasteiger partial charge in [-0.05, 0) is 25.5 Å². The van der Waals surface area contributed by atoms with Crippen LogP contribution in [-0.2, 0) is 16.6 Å². The fraction of sp³-hybridized carbons (Fsp3) is 0.278. The van der Waals surface area contributed by atoms with Crippen LogP contribution in [0, 0.1) is 0 Å². The van der Waals surface area contributed by atoms with Gasteiger partial charge in [-0.2, -0.15) is 0 Å². The molecule has 0 bridgehead atoms. The third-order valence-corrected chi connectivity index (χ3v) is 5.56. The standard InChI is InChI=1S/C18H18N2O3S2/c1-11(2)23-15(21)10-24-18-19-16-13(17(22)20(18)3)9-14(25-16)12-7-5-4-6-8-12/h4-9,11H,10H2,1-3H3. The number of aromatic nitrogens is 2. The van der Waals surface area contributed by atoms with Gasteiger partial charge < -0.3 is 4.74 Å². The van der Waals surface area contributed by atoms with Gasteiger partial charge in [0.25, 0.3) is 5.56 Å². The van der Waals surface area contributed by atoms with Crippen LogP contribution in [0.2, 0.25) is 0 Å². The first kappa shape index (κ1) is 17.7. The maximum absolute atomic E-state index is 12.6. The maximum atomic E-state index is 12.6. The van der Waals surface area contributed by atoms with Crippen LogP contribution in [0.4, 0.5) is 0 Å². The zero-order chi connectivity index (χ0) is 18.0. The van der Waals surface area contributed by atoms with E-state index in [1.165, 1.54) is 27.7 Å². The summed E-state index contributed by atoms with van der Waals surface area (Å²) >= 11 is 2.69. The lowest BCUT2D eigenvalue weighted by molar-refractivity contribution is -0.144. The van der Waals surface area contributed by atoms with E-state index in [4.69, 9.17) is 4.74 Å². The minimum absolute atomic E-state index is 0.108. The van der Waals surface area contributed by atoms with Gasteiger partial charge >= 0.3 is 5.97 Å². The normalized spacial score (nSPS) is 11.2. The Morgan fingerprint density at radius 3 is 2.72 bits per heavy atom. The van der Waals surface area contributed by atoms with Crippen molar-refractivity contribution in [1.29, 1.82) is 0 Å². The summed E-state index contributed by atoms with van der Waals surface area (Å²) in [7, 11) is 1.67. The molecule has 0 atom stereocenters. The largest absolute Gasteiger partial charge is 0.462 e. The molecule has 130 valence electrons. The Morgan fingerprint density at radius 2 is 2.04 bits per heavy atom. The Kier molecular flexibility index (Phi) is 5.24. The van der Waals surface area contributed by atoms with Gasteiger partial charge in [-0.3, -0.25) is 14.2 Å². The second-order valence-electron chi connectivity index (χ2n) is 5.78. The third-order valence-electron chi connectivity index (χ3n) is 3.48. The Hall–Kier alpha value is -2.12. The molecule has 7 heteroatoms. The van der Waals surface area contributed by atoms with Crippen LogP contribution in [0.3, 0.4) is 0 Å². The van der Waals surface area contributed by atoms with E-state index < -0.39 is 0 Å². The molecule has 0 spiro atoms. The summed E-state index contributed by atoms with van der Waals surface area (Å²) in [5.74, 6) is -0.188. The zero-order valence-corrected chi connectivity index (χ0v) is 15.8. The summed E-state index contributed by atoms with van der Waals surface area (Å²) in [6.07, 6.45) is -0.155. The van der Waals surface area contributed by atoms with Gasteiger partial charge in [0.2, 0.25) is 0 Å². The fourth-order valence-electron chi connectivity index (χ4n) is 2.34. The van der Waals surface area contributed by atoms with Gasteiger partial charge in [0.1, 0.15) is 4.83 Å². The molecule has 3 aromatic rings. The van der Waals surface area contributed by atoms with E-state index >= 15 is 0 Å². The van der Waals surface area contributed by atoms with E-state index in [1.807, 2.05) is 36.4 Å². The molecule has 0 fully saturated rings. The summed E-state index contributed by atoms with van der Waals surface area (Å²) in [6.45, 7) is 3.61. The quantitative estimate of drug-likeness (QED) is 0.387. The van der Waals surface area contributed by atoms with E-state index in [2.05, 4.69) is 4.98 Å². The van der Waals surface area contributed by atoms with Crippen LogP contribution in [-0.4, -0.2) is 27.4 Å². The smallest absolute Gasteiger partial charge is 0.316 e. The summed E-state index contributed by atoms with van der Waals surface area (Å²) in [6, 6.07) is 11.8. The second kappa shape index (κ2) is 7.41. The highest BCUT2D eigenvalue weighted by Gasteiger charge is 2.15. The van der Waals surface area contributed by atoms with Crippen molar-refractivity contribution in [3.63, 3.8) is 0 Å². The predicted octanol–water partition coefficient (Wildman–Crippen LogP) is 3.71. The Bertz CT molecular complexity index is 962. The topological polar surface area (TPSA) is 61.2 Å². The van der Waals surface area contributed by atoms with Gasteiger partial charge in [-0.1, -0.05) is 42.1 Å². The molecule has 2 heterocycles. The van der Waals surface area contributed by atoms with Crippen LogP contribution in [0.5, 0.6) is 0 Å². The summed E-state index contributed by atoms with van der Waals surface area (Å²) in [5, 5.41) is 1.11. The van der Waals surface area contributed by atoms with E-state index in [9.17, 15) is 9.59 Å². The molecule has 0 aliphatic rings. The molecule has 2 aromatic heterocycles. The van der Waals surface area contributed by atoms with Crippen molar-refractivity contribution in [3.8, 4) is 10.4 Å². The first-order chi connectivity index (χ1) is 12.0. The minimum atomic E-state index is -0.314. The summed E-state index contributed by atoms with van der Waals surface area (Å²) in [5.41, 5.74) is 0.949. The van der Waals surface area contributed by atoms with Crippen molar-refractivity contribution in [2.45, 2.75) is 25.1 Å². The number of rotatable bonds is 5. The molecular formula is C18H18N2O3S2. The average molecular weight is 374 g/mol. The van der Waals surface area contributed by atoms with Gasteiger partial charge in [-0.25, -0.2) is 4.98 Å². The highest BCUT2D eigenvalue weighted by Crippen LogP contribution is 2.31. The highest BCUT2D eigenvalue weighted by molar-refractivity contribution is 7.99. The molecule has 0 N–H and O–H groups in total. The number of thioether (sulfide) groups is 1. The number of carbonyl (C=O) groups excluding carboxylic acids is 1. The van der Waals surface area contributed by atoms with Crippen LogP contribution in [0.1, 0.15) is 13.8 Å². The molecule has 0 aliphatic heterocycles. The van der Waals surface area contributed by atoms with Crippen molar-refractivity contribution >= 4 is 39.3 Å². The average Bonchev–Trinajstić information content (AvgIpc) is 3.01. The molecule has 1 aromatic carbocycles. The Balaban J connectivity index is 1.92. The molecule has 0 saturated carbocycles. The van der Waals surface area contributed by atoms with Crippen LogP contribution < -0.4 is 5.56 Å².